The van der Waals surface area contributed by atoms with Gasteiger partial charge >= 0.3 is 0 Å². The van der Waals surface area contributed by atoms with Crippen LogP contribution < -0.4 is 16.0 Å². The van der Waals surface area contributed by atoms with E-state index in [9.17, 15) is 9.59 Å². The fraction of sp³-hybridized carbons (Fsp3) is 0.400. The van der Waals surface area contributed by atoms with Crippen molar-refractivity contribution in [1.29, 1.82) is 0 Å². The number of hydrogen-bond donors (Lipinski definition) is 2. The topological polar surface area (TPSA) is 101 Å². The second kappa shape index (κ2) is 4.36. The first-order valence-corrected chi connectivity index (χ1v) is 5.29. The predicted molar refractivity (Wildman–Crippen MR) is 61.0 cm³/mol. The lowest BCUT2D eigenvalue weighted by atomic mass is 10.1. The summed E-state index contributed by atoms with van der Waals surface area (Å²) in [5.41, 5.74) is 6.10. The molecule has 1 fully saturated rings. The maximum absolute atomic E-state index is 11.7. The van der Waals surface area contributed by atoms with Crippen molar-refractivity contribution >= 4 is 23.3 Å². The highest BCUT2D eigenvalue weighted by Gasteiger charge is 2.34. The number of imide groups is 1. The third kappa shape index (κ3) is 2.03. The molecule has 2 heterocycles. The first-order chi connectivity index (χ1) is 8.13. The Morgan fingerprint density at radius 2 is 2.35 bits per heavy atom. The third-order valence-corrected chi connectivity index (χ3v) is 2.63. The molecule has 1 aliphatic rings. The lowest BCUT2D eigenvalue weighted by molar-refractivity contribution is -0.132. The van der Waals surface area contributed by atoms with Crippen LogP contribution in [0.25, 0.3) is 0 Å². The van der Waals surface area contributed by atoms with Crippen molar-refractivity contribution in [3.63, 3.8) is 0 Å². The molecule has 1 saturated heterocycles. The average molecular weight is 235 g/mol. The Labute approximate surface area is 98.0 Å². The van der Waals surface area contributed by atoms with E-state index in [-0.39, 0.29) is 18.4 Å². The predicted octanol–water partition coefficient (Wildman–Crippen LogP) is -0.700. The Morgan fingerprint density at radius 1 is 1.59 bits per heavy atom. The zero-order valence-electron chi connectivity index (χ0n) is 9.38. The van der Waals surface area contributed by atoms with Gasteiger partial charge in [-0.2, -0.15) is 0 Å². The van der Waals surface area contributed by atoms with Gasteiger partial charge in [-0.1, -0.05) is 6.92 Å². The number of piperazine rings is 1. The van der Waals surface area contributed by atoms with E-state index in [1.807, 2.05) is 6.92 Å². The Bertz CT molecular complexity index is 462. The number of nitrogens with one attached hydrogen (secondary N) is 1. The Balaban J connectivity index is 2.38. The number of hydrogen-bond acceptors (Lipinski definition) is 6. The quantitative estimate of drug-likeness (QED) is 0.657. The van der Waals surface area contributed by atoms with Crippen LogP contribution >= 0.6 is 0 Å². The van der Waals surface area contributed by atoms with E-state index in [1.165, 1.54) is 12.5 Å². The Hall–Kier alpha value is -2.18. The SMILES string of the molecule is CCC1C(=O)NC(=O)CN1c1ncncc1N. The molecule has 0 bridgehead atoms. The van der Waals surface area contributed by atoms with E-state index in [0.29, 0.717) is 17.9 Å². The van der Waals surface area contributed by atoms with Crippen molar-refractivity contribution in [2.45, 2.75) is 19.4 Å². The zero-order valence-corrected chi connectivity index (χ0v) is 9.38. The second-order valence-corrected chi connectivity index (χ2v) is 3.77. The highest BCUT2D eigenvalue weighted by molar-refractivity contribution is 6.04. The molecule has 1 aromatic heterocycles. The van der Waals surface area contributed by atoms with Gasteiger partial charge in [-0.15, -0.1) is 0 Å². The minimum absolute atomic E-state index is 0.0749. The smallest absolute Gasteiger partial charge is 0.249 e. The van der Waals surface area contributed by atoms with Crippen LogP contribution in [-0.2, 0) is 9.59 Å². The number of nitrogen functional groups attached to an aromatic ring is 1. The third-order valence-electron chi connectivity index (χ3n) is 2.63. The van der Waals surface area contributed by atoms with Gasteiger partial charge in [0.15, 0.2) is 5.82 Å². The van der Waals surface area contributed by atoms with Crippen molar-refractivity contribution in [2.75, 3.05) is 17.2 Å². The van der Waals surface area contributed by atoms with Gasteiger partial charge in [-0.05, 0) is 6.42 Å². The fourth-order valence-electron chi connectivity index (χ4n) is 1.87. The second-order valence-electron chi connectivity index (χ2n) is 3.77. The maximum Gasteiger partial charge on any atom is 0.249 e. The van der Waals surface area contributed by atoms with E-state index < -0.39 is 6.04 Å². The number of nitrogens with two attached hydrogens (primary N) is 1. The first kappa shape index (κ1) is 11.3. The number of amides is 2. The van der Waals surface area contributed by atoms with Crippen LogP contribution in [0.3, 0.4) is 0 Å². The largest absolute Gasteiger partial charge is 0.394 e. The summed E-state index contributed by atoms with van der Waals surface area (Å²) < 4.78 is 0. The van der Waals surface area contributed by atoms with Gasteiger partial charge in [-0.25, -0.2) is 9.97 Å². The molecule has 0 aliphatic carbocycles. The minimum atomic E-state index is -0.426. The van der Waals surface area contributed by atoms with Crippen molar-refractivity contribution in [3.05, 3.63) is 12.5 Å². The zero-order chi connectivity index (χ0) is 12.4. The molecular weight excluding hydrogens is 222 g/mol. The highest BCUT2D eigenvalue weighted by Crippen LogP contribution is 2.23. The number of aromatic nitrogens is 2. The summed E-state index contributed by atoms with van der Waals surface area (Å²) in [6.07, 6.45) is 3.37. The van der Waals surface area contributed by atoms with Gasteiger partial charge in [0, 0.05) is 0 Å². The molecule has 0 aromatic carbocycles. The van der Waals surface area contributed by atoms with Gasteiger partial charge in [0.2, 0.25) is 11.8 Å². The van der Waals surface area contributed by atoms with Gasteiger partial charge in [-0.3, -0.25) is 14.9 Å². The number of carbonyl (C=O) groups excluding carboxylic acids is 2. The van der Waals surface area contributed by atoms with Crippen LogP contribution in [0.15, 0.2) is 12.5 Å². The van der Waals surface area contributed by atoms with Gasteiger partial charge in [0.25, 0.3) is 0 Å². The molecule has 17 heavy (non-hydrogen) atoms. The molecule has 1 unspecified atom stereocenters. The van der Waals surface area contributed by atoms with Crippen LogP contribution in [0.1, 0.15) is 13.3 Å². The summed E-state index contributed by atoms with van der Waals surface area (Å²) >= 11 is 0. The summed E-state index contributed by atoms with van der Waals surface area (Å²) in [6, 6.07) is -0.426. The number of anilines is 2. The van der Waals surface area contributed by atoms with Gasteiger partial charge in [0.05, 0.1) is 18.4 Å². The molecule has 1 aromatic rings. The van der Waals surface area contributed by atoms with Crippen LogP contribution in [0, 0.1) is 0 Å². The van der Waals surface area contributed by atoms with Crippen LogP contribution in [0.2, 0.25) is 0 Å². The highest BCUT2D eigenvalue weighted by atomic mass is 16.2. The summed E-state index contributed by atoms with van der Waals surface area (Å²) in [7, 11) is 0. The number of rotatable bonds is 2. The normalized spacial score (nSPS) is 20.3. The monoisotopic (exact) mass is 235 g/mol. The summed E-state index contributed by atoms with van der Waals surface area (Å²) in [5, 5.41) is 2.30. The molecule has 0 spiro atoms. The Morgan fingerprint density at radius 3 is 3.00 bits per heavy atom. The molecule has 7 heteroatoms. The van der Waals surface area contributed by atoms with Crippen LogP contribution in [-0.4, -0.2) is 34.4 Å². The summed E-state index contributed by atoms with van der Waals surface area (Å²) in [6.45, 7) is 1.94. The molecule has 90 valence electrons. The van der Waals surface area contributed by atoms with E-state index >= 15 is 0 Å². The number of carbonyl (C=O) groups is 2. The molecule has 1 aliphatic heterocycles. The van der Waals surface area contributed by atoms with Crippen LogP contribution in [0.5, 0.6) is 0 Å². The van der Waals surface area contributed by atoms with E-state index in [4.69, 9.17) is 5.73 Å². The maximum atomic E-state index is 11.7. The van der Waals surface area contributed by atoms with E-state index in [1.54, 1.807) is 4.90 Å². The minimum Gasteiger partial charge on any atom is -0.394 e. The Kier molecular flexibility index (Phi) is 2.90. The van der Waals surface area contributed by atoms with Crippen LogP contribution in [0.4, 0.5) is 11.5 Å². The molecule has 3 N–H and O–H groups in total. The molecule has 0 saturated carbocycles. The fourth-order valence-corrected chi connectivity index (χ4v) is 1.87. The van der Waals surface area contributed by atoms with Gasteiger partial charge in [0.1, 0.15) is 12.4 Å². The summed E-state index contributed by atoms with van der Waals surface area (Å²) in [4.78, 5) is 32.5. The molecule has 1 atom stereocenters. The average Bonchev–Trinajstić information content (AvgIpc) is 2.28. The van der Waals surface area contributed by atoms with Gasteiger partial charge < -0.3 is 10.6 Å². The van der Waals surface area contributed by atoms with Crippen molar-refractivity contribution in [2.24, 2.45) is 0 Å². The summed E-state index contributed by atoms with van der Waals surface area (Å²) in [5.74, 6) is -0.241. The standard InChI is InChI=1S/C10H13N5O2/c1-2-7-10(17)14-8(16)4-15(7)9-6(11)3-12-5-13-9/h3,5,7H,2,4,11H2,1H3,(H,14,16,17). The molecule has 2 rings (SSSR count). The molecule has 0 radical (unpaired) electrons. The first-order valence-electron chi connectivity index (χ1n) is 5.29. The lowest BCUT2D eigenvalue weighted by Crippen LogP contribution is -2.58. The van der Waals surface area contributed by atoms with E-state index in [2.05, 4.69) is 15.3 Å². The van der Waals surface area contributed by atoms with Crippen molar-refractivity contribution in [3.8, 4) is 0 Å². The molecule has 2 amide bonds. The number of nitrogens with zero attached hydrogens (tertiary/aromatic N) is 3. The lowest BCUT2D eigenvalue weighted by Gasteiger charge is -2.34. The van der Waals surface area contributed by atoms with Crippen molar-refractivity contribution in [1.82, 2.24) is 15.3 Å². The van der Waals surface area contributed by atoms with Crippen molar-refractivity contribution < 1.29 is 9.59 Å². The molecular formula is C10H13N5O2. The molecule has 7 nitrogen and oxygen atoms in total. The van der Waals surface area contributed by atoms with E-state index in [0.717, 1.165) is 0 Å².